The molecule has 0 unspecified atom stereocenters. The van der Waals surface area contributed by atoms with E-state index in [4.69, 9.17) is 0 Å². The normalized spacial score (nSPS) is 19.5. The summed E-state index contributed by atoms with van der Waals surface area (Å²) in [7, 11) is 0. The van der Waals surface area contributed by atoms with Crippen molar-refractivity contribution in [2.45, 2.75) is 32.3 Å². The van der Waals surface area contributed by atoms with Gasteiger partial charge in [0.15, 0.2) is 0 Å². The van der Waals surface area contributed by atoms with Crippen molar-refractivity contribution in [2.75, 3.05) is 19.6 Å². The molecule has 0 bridgehead atoms. The predicted molar refractivity (Wildman–Crippen MR) is 50.5 cm³/mol. The van der Waals surface area contributed by atoms with Crippen molar-refractivity contribution in [3.05, 3.63) is 0 Å². The third-order valence-corrected chi connectivity index (χ3v) is 2.44. The second-order valence-corrected chi connectivity index (χ2v) is 3.67. The lowest BCUT2D eigenvalue weighted by atomic mass is 9.92. The Kier molecular flexibility index (Phi) is 3.14. The van der Waals surface area contributed by atoms with Gasteiger partial charge in [0.1, 0.15) is 0 Å². The quantitative estimate of drug-likeness (QED) is 0.676. The Labute approximate surface area is 78.9 Å². The summed E-state index contributed by atoms with van der Waals surface area (Å²) in [6, 6.07) is -0.0556. The van der Waals surface area contributed by atoms with Gasteiger partial charge in [-0.25, -0.2) is 4.79 Å². The summed E-state index contributed by atoms with van der Waals surface area (Å²) in [5, 5.41) is 12.4. The first-order valence-electron chi connectivity index (χ1n) is 4.86. The van der Waals surface area contributed by atoms with Crippen LogP contribution >= 0.6 is 0 Å². The first-order valence-corrected chi connectivity index (χ1v) is 4.86. The first-order chi connectivity index (χ1) is 6.11. The number of hydrogen-bond acceptors (Lipinski definition) is 2. The third-order valence-electron chi connectivity index (χ3n) is 2.44. The van der Waals surface area contributed by atoms with E-state index < -0.39 is 5.60 Å². The SMILES string of the molecule is CCCNC(=O)N1CC(O)(CC)C1. The molecule has 1 aliphatic rings. The van der Waals surface area contributed by atoms with Crippen LogP contribution in [0.15, 0.2) is 0 Å². The molecule has 1 aliphatic heterocycles. The van der Waals surface area contributed by atoms with E-state index in [2.05, 4.69) is 5.32 Å². The zero-order valence-corrected chi connectivity index (χ0v) is 8.34. The standard InChI is InChI=1S/C9H18N2O2/c1-3-5-10-8(12)11-6-9(13,4-2)7-11/h13H,3-7H2,1-2H3,(H,10,12). The Morgan fingerprint density at radius 3 is 2.62 bits per heavy atom. The minimum absolute atomic E-state index is 0.0556. The fourth-order valence-electron chi connectivity index (χ4n) is 1.38. The lowest BCUT2D eigenvalue weighted by Crippen LogP contribution is -2.65. The van der Waals surface area contributed by atoms with Gasteiger partial charge in [0.2, 0.25) is 0 Å². The molecule has 0 aromatic carbocycles. The van der Waals surface area contributed by atoms with E-state index in [0.29, 0.717) is 26.1 Å². The van der Waals surface area contributed by atoms with Crippen LogP contribution in [0.4, 0.5) is 4.79 Å². The number of hydrogen-bond donors (Lipinski definition) is 2. The van der Waals surface area contributed by atoms with Gasteiger partial charge >= 0.3 is 6.03 Å². The van der Waals surface area contributed by atoms with E-state index in [0.717, 1.165) is 6.42 Å². The maximum absolute atomic E-state index is 11.3. The minimum atomic E-state index is -0.621. The van der Waals surface area contributed by atoms with Crippen LogP contribution in [0.3, 0.4) is 0 Å². The Balaban J connectivity index is 2.23. The highest BCUT2D eigenvalue weighted by Gasteiger charge is 2.41. The van der Waals surface area contributed by atoms with Gasteiger partial charge in [0.25, 0.3) is 0 Å². The van der Waals surface area contributed by atoms with Crippen molar-refractivity contribution >= 4 is 6.03 Å². The number of nitrogens with one attached hydrogen (secondary N) is 1. The van der Waals surface area contributed by atoms with Crippen molar-refractivity contribution in [3.8, 4) is 0 Å². The molecule has 2 N–H and O–H groups in total. The molecule has 0 aromatic rings. The zero-order chi connectivity index (χ0) is 9.90. The van der Waals surface area contributed by atoms with Crippen LogP contribution in [0.2, 0.25) is 0 Å². The molecule has 1 rings (SSSR count). The van der Waals surface area contributed by atoms with Crippen molar-refractivity contribution < 1.29 is 9.90 Å². The summed E-state index contributed by atoms with van der Waals surface area (Å²) in [6.45, 7) is 5.60. The second kappa shape index (κ2) is 3.96. The van der Waals surface area contributed by atoms with E-state index in [1.54, 1.807) is 4.90 Å². The van der Waals surface area contributed by atoms with Gasteiger partial charge in [0, 0.05) is 6.54 Å². The van der Waals surface area contributed by atoms with Crippen LogP contribution in [0.1, 0.15) is 26.7 Å². The second-order valence-electron chi connectivity index (χ2n) is 3.67. The predicted octanol–water partition coefficient (Wildman–Crippen LogP) is 0.563. The van der Waals surface area contributed by atoms with E-state index in [9.17, 15) is 9.90 Å². The molecule has 4 heteroatoms. The maximum atomic E-state index is 11.3. The van der Waals surface area contributed by atoms with E-state index >= 15 is 0 Å². The summed E-state index contributed by atoms with van der Waals surface area (Å²) in [4.78, 5) is 12.9. The third kappa shape index (κ3) is 2.34. The molecular formula is C9H18N2O2. The fraction of sp³-hybridized carbons (Fsp3) is 0.889. The summed E-state index contributed by atoms with van der Waals surface area (Å²) in [5.41, 5.74) is -0.621. The molecule has 0 radical (unpaired) electrons. The lowest BCUT2D eigenvalue weighted by Gasteiger charge is -2.45. The van der Waals surface area contributed by atoms with E-state index in [-0.39, 0.29) is 6.03 Å². The van der Waals surface area contributed by atoms with Gasteiger partial charge in [-0.3, -0.25) is 0 Å². The topological polar surface area (TPSA) is 52.6 Å². The van der Waals surface area contributed by atoms with Gasteiger partial charge < -0.3 is 15.3 Å². The van der Waals surface area contributed by atoms with Crippen molar-refractivity contribution in [2.24, 2.45) is 0 Å². The molecule has 0 spiro atoms. The molecule has 1 fully saturated rings. The van der Waals surface area contributed by atoms with Crippen LogP contribution in [0.5, 0.6) is 0 Å². The van der Waals surface area contributed by atoms with Crippen LogP contribution in [-0.2, 0) is 0 Å². The van der Waals surface area contributed by atoms with Crippen LogP contribution in [0, 0.1) is 0 Å². The number of aliphatic hydroxyl groups is 1. The number of likely N-dealkylation sites (tertiary alicyclic amines) is 1. The molecule has 0 aromatic heterocycles. The molecule has 2 amide bonds. The Morgan fingerprint density at radius 1 is 1.54 bits per heavy atom. The average molecular weight is 186 g/mol. The zero-order valence-electron chi connectivity index (χ0n) is 8.34. The van der Waals surface area contributed by atoms with Gasteiger partial charge in [-0.1, -0.05) is 13.8 Å². The molecule has 13 heavy (non-hydrogen) atoms. The average Bonchev–Trinajstić information content (AvgIpc) is 2.09. The lowest BCUT2D eigenvalue weighted by molar-refractivity contribution is -0.0777. The van der Waals surface area contributed by atoms with Crippen molar-refractivity contribution in [1.29, 1.82) is 0 Å². The number of nitrogens with zero attached hydrogens (tertiary/aromatic N) is 1. The van der Waals surface area contributed by atoms with Crippen LogP contribution in [-0.4, -0.2) is 41.3 Å². The van der Waals surface area contributed by atoms with Gasteiger partial charge in [-0.2, -0.15) is 0 Å². The number of urea groups is 1. The molecule has 1 heterocycles. The Bertz CT molecular complexity index is 188. The smallest absolute Gasteiger partial charge is 0.317 e. The van der Waals surface area contributed by atoms with E-state index in [1.807, 2.05) is 13.8 Å². The fourth-order valence-corrected chi connectivity index (χ4v) is 1.38. The molecular weight excluding hydrogens is 168 g/mol. The summed E-state index contributed by atoms with van der Waals surface area (Å²) >= 11 is 0. The monoisotopic (exact) mass is 186 g/mol. The number of β-amino-alcohol motifs (C(OH)–C–C–N with tert-alkyl or cyclic N) is 1. The summed E-state index contributed by atoms with van der Waals surface area (Å²) < 4.78 is 0. The highest BCUT2D eigenvalue weighted by molar-refractivity contribution is 5.75. The number of rotatable bonds is 3. The number of carbonyl (C=O) groups is 1. The first kappa shape index (κ1) is 10.3. The summed E-state index contributed by atoms with van der Waals surface area (Å²) in [6.07, 6.45) is 1.65. The molecule has 0 saturated carbocycles. The molecule has 0 atom stereocenters. The Morgan fingerprint density at radius 2 is 2.15 bits per heavy atom. The maximum Gasteiger partial charge on any atom is 0.317 e. The molecule has 1 saturated heterocycles. The van der Waals surface area contributed by atoms with Gasteiger partial charge in [0.05, 0.1) is 18.7 Å². The van der Waals surface area contributed by atoms with Crippen LogP contribution in [0.25, 0.3) is 0 Å². The van der Waals surface area contributed by atoms with Crippen LogP contribution < -0.4 is 5.32 Å². The van der Waals surface area contributed by atoms with Gasteiger partial charge in [-0.15, -0.1) is 0 Å². The van der Waals surface area contributed by atoms with Crippen molar-refractivity contribution in [1.82, 2.24) is 10.2 Å². The molecule has 0 aliphatic carbocycles. The van der Waals surface area contributed by atoms with Gasteiger partial charge in [-0.05, 0) is 12.8 Å². The molecule has 4 nitrogen and oxygen atoms in total. The van der Waals surface area contributed by atoms with Crippen molar-refractivity contribution in [3.63, 3.8) is 0 Å². The Hall–Kier alpha value is -0.770. The summed E-state index contributed by atoms with van der Waals surface area (Å²) in [5.74, 6) is 0. The highest BCUT2D eigenvalue weighted by Crippen LogP contribution is 2.23. The largest absolute Gasteiger partial charge is 0.386 e. The van der Waals surface area contributed by atoms with E-state index in [1.165, 1.54) is 0 Å². The molecule has 76 valence electrons. The number of amides is 2. The number of carbonyl (C=O) groups excluding carboxylic acids is 1. The minimum Gasteiger partial charge on any atom is -0.386 e. The highest BCUT2D eigenvalue weighted by atomic mass is 16.3.